The van der Waals surface area contributed by atoms with Crippen molar-refractivity contribution in [1.82, 2.24) is 56.0 Å². The molecule has 5 atom stereocenters. The second-order valence-electron chi connectivity index (χ2n) is 40.0. The zero-order chi connectivity index (χ0) is 89.7. The molecule has 21 nitrogen and oxygen atoms in total. The second kappa shape index (κ2) is 30.9. The summed E-state index contributed by atoms with van der Waals surface area (Å²) in [5.74, 6) is 2.62. The molecular weight excluding hydrogens is 1590 g/mol. The Bertz CT molecular complexity index is 6150. The van der Waals surface area contributed by atoms with Crippen LogP contribution in [0.25, 0.3) is 0 Å². The Morgan fingerprint density at radius 1 is 0.360 bits per heavy atom. The molecule has 10 aliphatic rings. The minimum absolute atomic E-state index is 0.0159. The van der Waals surface area contributed by atoms with E-state index in [0.29, 0.717) is 77.4 Å². The number of anilines is 5. The lowest BCUT2D eigenvalue weighted by Crippen LogP contribution is -2.42. The van der Waals surface area contributed by atoms with Crippen molar-refractivity contribution >= 4 is 58.0 Å². The maximum atomic E-state index is 14.8. The number of fused-ring (bicyclic) bond motifs is 5. The second-order valence-corrected chi connectivity index (χ2v) is 40.0. The number of hydrogen-bond donors (Lipinski definition) is 10. The van der Waals surface area contributed by atoms with Crippen molar-refractivity contribution < 1.29 is 45.9 Å². The van der Waals surface area contributed by atoms with Gasteiger partial charge in [-0.15, -0.1) is 0 Å². The van der Waals surface area contributed by atoms with Crippen LogP contribution in [0.4, 0.5) is 51.0 Å². The van der Waals surface area contributed by atoms with E-state index < -0.39 is 33.9 Å². The van der Waals surface area contributed by atoms with Gasteiger partial charge in [-0.1, -0.05) is 154 Å². The first kappa shape index (κ1) is 86.3. The van der Waals surface area contributed by atoms with Crippen LogP contribution in [0.15, 0.2) is 178 Å². The van der Waals surface area contributed by atoms with E-state index >= 15 is 0 Å². The Labute approximate surface area is 724 Å². The fourth-order valence-corrected chi connectivity index (χ4v) is 21.9. The standard InChI is InChI=1S/2C20H22FN3O.2C20H23N3O.C19H19F3N4O/c1-10-7-12(21)5-6-13(10)17-16-11(2)23-24-19(16)22-14-8-20(3,4)9-15(25)18(14)17;1-11-16-18(24-23-11)22-14-9-19(2,3)10-15(25)17(14)20(16,4)12-7-5-6-8-13(12)21;2*1-12-16-18(23-22-12)21-14-10-19(2,3)11-15(24)17(14)20(16,4)13-8-6-5-7-9-13;1-9-14-15(10-8-23-5-4-11(10)19(20,21)22)16-12(24-17(14)26-25-9)6-18(2,3)7-13(16)27/h5-7,17H,8-9H2,1-4H3,(H2,22,23,24);5-8H,9-10H2,1-4H3,(H2,22,23,24);2*5-9H,10-11H2,1-4H3,(H2,21,22,23);4-5,8,15H,6-7H2,1-3H3,(H2,24,25,26). The number of nitrogens with zero attached hydrogens (tertiary/aromatic N) is 6. The molecule has 10 N–H and O–H groups in total. The number of alkyl halides is 3. The normalized spacial score (nSPS) is 23.5. The van der Waals surface area contributed by atoms with E-state index in [1.807, 2.05) is 97.9 Å². The highest BCUT2D eigenvalue weighted by Gasteiger charge is 2.55. The molecule has 0 bridgehead atoms. The number of nitrogens with one attached hydrogen (secondary N) is 10. The SMILES string of the molecule is Cc1[nH]nc2c1C(C)(c1ccccc1)C1=C(CC(C)(C)CC1=O)N2.Cc1[nH]nc2c1C(C)(c1ccccc1)C1=C(CC(C)(C)CC1=O)N2.Cc1[nH]nc2c1C(C)(c1ccccc1F)C1=C(CC(C)(C)CC1=O)N2.Cc1[nH]nc2c1C(c1cnccc1C(F)(F)F)C1=C(CC(C)(C)CC1=O)N2.Cc1cc(F)ccc1C1C2=C(CC(C)(C)CC2=O)Nc2n[nH]c(C)c21. The van der Waals surface area contributed by atoms with Gasteiger partial charge in [-0.2, -0.15) is 38.7 Å². The number of benzene rings is 4. The third kappa shape index (κ3) is 15.2. The molecule has 125 heavy (non-hydrogen) atoms. The quantitative estimate of drug-likeness (QED) is 0.0716. The summed E-state index contributed by atoms with van der Waals surface area (Å²) in [6, 6.07) is 33.1. The molecule has 4 aromatic carbocycles. The molecule has 6 aromatic heterocycles. The number of pyridine rings is 1. The zero-order valence-electron chi connectivity index (χ0n) is 74.4. The molecule has 5 aliphatic carbocycles. The fourth-order valence-electron chi connectivity index (χ4n) is 21.9. The molecule has 26 heteroatoms. The van der Waals surface area contributed by atoms with Crippen molar-refractivity contribution in [3.05, 3.63) is 285 Å². The van der Waals surface area contributed by atoms with E-state index in [0.717, 1.165) is 162 Å². The third-order valence-corrected chi connectivity index (χ3v) is 26.9. The summed E-state index contributed by atoms with van der Waals surface area (Å²) in [5.41, 5.74) is 18.7. The van der Waals surface area contributed by atoms with Gasteiger partial charge in [0.25, 0.3) is 0 Å². The highest BCUT2D eigenvalue weighted by atomic mass is 19.4. The van der Waals surface area contributed by atoms with Crippen LogP contribution in [0.3, 0.4) is 0 Å². The minimum atomic E-state index is -4.54. The van der Waals surface area contributed by atoms with Crippen molar-refractivity contribution in [3.63, 3.8) is 0 Å². The molecule has 11 heterocycles. The van der Waals surface area contributed by atoms with Crippen LogP contribution >= 0.6 is 0 Å². The average Bonchev–Trinajstić information content (AvgIpc) is 1.71. The highest BCUT2D eigenvalue weighted by Crippen LogP contribution is 2.59. The number of carbonyl (C=O) groups is 5. The lowest BCUT2D eigenvalue weighted by atomic mass is 9.61. The summed E-state index contributed by atoms with van der Waals surface area (Å²) in [6.07, 6.45) is 4.08. The lowest BCUT2D eigenvalue weighted by Gasteiger charge is -2.43. The summed E-state index contributed by atoms with van der Waals surface area (Å²) in [4.78, 5) is 69.4. The van der Waals surface area contributed by atoms with Gasteiger partial charge in [0.15, 0.2) is 58.0 Å². The van der Waals surface area contributed by atoms with Gasteiger partial charge in [-0.05, 0) is 174 Å². The Hall–Kier alpha value is -12.2. The summed E-state index contributed by atoms with van der Waals surface area (Å²) in [5, 5.41) is 53.7. The fraction of sp³-hybridized carbons (Fsp3) is 0.404. The third-order valence-electron chi connectivity index (χ3n) is 26.9. The first-order valence-corrected chi connectivity index (χ1v) is 42.8. The number of carbonyl (C=O) groups excluding carboxylic acids is 5. The molecule has 20 rings (SSSR count). The minimum Gasteiger partial charge on any atom is -0.342 e. The van der Waals surface area contributed by atoms with Crippen molar-refractivity contribution in [2.24, 2.45) is 27.1 Å². The monoisotopic (exact) mass is 1700 g/mol. The summed E-state index contributed by atoms with van der Waals surface area (Å²) in [6.45, 7) is 38.8. The maximum Gasteiger partial charge on any atom is 0.416 e. The molecule has 0 fully saturated rings. The Morgan fingerprint density at radius 2 is 0.696 bits per heavy atom. The zero-order valence-corrected chi connectivity index (χ0v) is 74.4. The first-order chi connectivity index (χ1) is 58.7. The molecule has 5 unspecified atom stereocenters. The van der Waals surface area contributed by atoms with E-state index in [1.165, 1.54) is 24.4 Å². The Morgan fingerprint density at radius 3 is 1.09 bits per heavy atom. The highest BCUT2D eigenvalue weighted by molar-refractivity contribution is 6.06. The number of hydrogen-bond acceptors (Lipinski definition) is 16. The van der Waals surface area contributed by atoms with Crippen LogP contribution in [0.2, 0.25) is 0 Å². The summed E-state index contributed by atoms with van der Waals surface area (Å²) < 4.78 is 69.5. The van der Waals surface area contributed by atoms with Crippen LogP contribution in [-0.2, 0) is 46.4 Å². The number of aryl methyl sites for hydroxylation is 6. The number of allylic oxidation sites excluding steroid dienone is 10. The molecular formula is C99H109F5N16O5. The number of aromatic nitrogens is 11. The van der Waals surface area contributed by atoms with Gasteiger partial charge in [-0.3, -0.25) is 54.5 Å². The van der Waals surface area contributed by atoms with Gasteiger partial charge in [0.2, 0.25) is 0 Å². The van der Waals surface area contributed by atoms with E-state index in [2.05, 4.69) is 176 Å². The van der Waals surface area contributed by atoms with Crippen LogP contribution < -0.4 is 26.6 Å². The molecule has 0 spiro atoms. The van der Waals surface area contributed by atoms with Gasteiger partial charge < -0.3 is 26.6 Å². The number of ketones is 5. The maximum absolute atomic E-state index is 14.8. The van der Waals surface area contributed by atoms with Gasteiger partial charge in [0.1, 0.15) is 11.6 Å². The Kier molecular flexibility index (Phi) is 21.3. The first-order valence-electron chi connectivity index (χ1n) is 42.8. The van der Waals surface area contributed by atoms with E-state index in [-0.39, 0.29) is 85.5 Å². The molecule has 650 valence electrons. The lowest BCUT2D eigenvalue weighted by molar-refractivity contribution is -0.138. The molecule has 5 aliphatic heterocycles. The molecule has 0 saturated heterocycles. The summed E-state index contributed by atoms with van der Waals surface area (Å²) in [7, 11) is 0. The topological polar surface area (TPSA) is 302 Å². The van der Waals surface area contributed by atoms with Crippen molar-refractivity contribution in [3.8, 4) is 0 Å². The molecule has 0 amide bonds. The number of rotatable bonds is 5. The average molecular weight is 1700 g/mol. The van der Waals surface area contributed by atoms with E-state index in [4.69, 9.17) is 0 Å². The van der Waals surface area contributed by atoms with Gasteiger partial charge in [0, 0.05) is 175 Å². The van der Waals surface area contributed by atoms with Crippen LogP contribution in [0, 0.1) is 80.3 Å². The van der Waals surface area contributed by atoms with Gasteiger partial charge >= 0.3 is 6.18 Å². The van der Waals surface area contributed by atoms with Crippen LogP contribution in [-0.4, -0.2) is 84.9 Å². The van der Waals surface area contributed by atoms with E-state index in [1.54, 1.807) is 25.1 Å². The largest absolute Gasteiger partial charge is 0.416 e. The molecule has 10 aromatic rings. The molecule has 0 saturated carbocycles. The number of H-pyrrole nitrogens is 5. The number of Topliss-reactive ketones (excluding diaryl/α,β-unsaturated/α-hetero) is 5. The van der Waals surface area contributed by atoms with Gasteiger partial charge in [0.05, 0.1) is 21.8 Å². The number of aromatic amines is 5. The van der Waals surface area contributed by atoms with Gasteiger partial charge in [-0.25, -0.2) is 8.78 Å². The van der Waals surface area contributed by atoms with Crippen molar-refractivity contribution in [2.75, 3.05) is 26.6 Å². The van der Waals surface area contributed by atoms with Crippen molar-refractivity contribution in [1.29, 1.82) is 0 Å². The smallest absolute Gasteiger partial charge is 0.342 e. The van der Waals surface area contributed by atoms with Crippen LogP contribution in [0.5, 0.6) is 0 Å². The van der Waals surface area contributed by atoms with Crippen molar-refractivity contribution in [2.45, 2.75) is 230 Å². The predicted molar refractivity (Wildman–Crippen MR) is 473 cm³/mol. The summed E-state index contributed by atoms with van der Waals surface area (Å²) >= 11 is 0. The predicted octanol–water partition coefficient (Wildman–Crippen LogP) is 21.1. The molecule has 0 radical (unpaired) electrons. The Balaban J connectivity index is 0.000000115. The van der Waals surface area contributed by atoms with Crippen LogP contribution in [0.1, 0.15) is 261 Å². The van der Waals surface area contributed by atoms with E-state index in [9.17, 15) is 45.9 Å². The number of halogens is 5.